The van der Waals surface area contributed by atoms with Gasteiger partial charge in [0.2, 0.25) is 0 Å². The van der Waals surface area contributed by atoms with Gasteiger partial charge in [-0.2, -0.15) is 10.4 Å². The molecule has 35 heavy (non-hydrogen) atoms. The van der Waals surface area contributed by atoms with Crippen molar-refractivity contribution in [1.82, 2.24) is 14.8 Å². The molecule has 0 unspecified atom stereocenters. The second kappa shape index (κ2) is 9.35. The summed E-state index contributed by atoms with van der Waals surface area (Å²) in [6.45, 7) is 6.25. The largest absolute Gasteiger partial charge is 0.364 e. The SMILES string of the molecule is Cc1c(NC(=O)c2cc(C(N)=O)nc3cc(F)ccc23)c(C(C)C)nn1Cc1ccc(C#N)cc1. The number of hydrogen-bond acceptors (Lipinski definition) is 5. The number of nitrogens with two attached hydrogens (primary N) is 1. The van der Waals surface area contributed by atoms with E-state index >= 15 is 0 Å². The number of pyridine rings is 1. The first kappa shape index (κ1) is 23.6. The molecule has 4 rings (SSSR count). The fraction of sp³-hybridized carbons (Fsp3) is 0.192. The third kappa shape index (κ3) is 4.73. The molecular weight excluding hydrogens is 447 g/mol. The molecule has 0 aliphatic rings. The molecule has 0 saturated heterocycles. The highest BCUT2D eigenvalue weighted by Gasteiger charge is 2.22. The number of carbonyl (C=O) groups is 2. The summed E-state index contributed by atoms with van der Waals surface area (Å²) in [6, 6.07) is 14.4. The lowest BCUT2D eigenvalue weighted by molar-refractivity contribution is 0.0996. The van der Waals surface area contributed by atoms with Gasteiger partial charge in [-0.3, -0.25) is 14.3 Å². The Hall–Kier alpha value is -4.58. The van der Waals surface area contributed by atoms with E-state index in [1.165, 1.54) is 18.2 Å². The number of fused-ring (bicyclic) bond motifs is 1. The Kier molecular flexibility index (Phi) is 6.30. The molecule has 3 N–H and O–H groups in total. The smallest absolute Gasteiger partial charge is 0.267 e. The molecule has 2 aromatic heterocycles. The molecule has 0 spiro atoms. The van der Waals surface area contributed by atoms with Crippen LogP contribution in [0.15, 0.2) is 48.5 Å². The number of carbonyl (C=O) groups excluding carboxylic acids is 2. The van der Waals surface area contributed by atoms with Crippen molar-refractivity contribution in [3.63, 3.8) is 0 Å². The fourth-order valence-corrected chi connectivity index (χ4v) is 3.84. The van der Waals surface area contributed by atoms with E-state index in [9.17, 15) is 14.0 Å². The van der Waals surface area contributed by atoms with Crippen molar-refractivity contribution >= 4 is 28.4 Å². The molecule has 0 bridgehead atoms. The fourth-order valence-electron chi connectivity index (χ4n) is 3.84. The number of hydrogen-bond donors (Lipinski definition) is 2. The van der Waals surface area contributed by atoms with E-state index in [-0.39, 0.29) is 22.7 Å². The van der Waals surface area contributed by atoms with Gasteiger partial charge in [0, 0.05) is 11.5 Å². The van der Waals surface area contributed by atoms with Crippen molar-refractivity contribution in [1.29, 1.82) is 5.26 Å². The van der Waals surface area contributed by atoms with Crippen LogP contribution >= 0.6 is 0 Å². The van der Waals surface area contributed by atoms with Crippen molar-refractivity contribution in [2.24, 2.45) is 5.73 Å². The Labute approximate surface area is 201 Å². The van der Waals surface area contributed by atoms with E-state index in [1.807, 2.05) is 32.9 Å². The number of nitriles is 1. The number of amides is 2. The first-order chi connectivity index (χ1) is 16.7. The minimum Gasteiger partial charge on any atom is -0.364 e. The van der Waals surface area contributed by atoms with E-state index < -0.39 is 17.6 Å². The van der Waals surface area contributed by atoms with Crippen LogP contribution in [0, 0.1) is 24.1 Å². The maximum Gasteiger partial charge on any atom is 0.267 e. The monoisotopic (exact) mass is 470 g/mol. The lowest BCUT2D eigenvalue weighted by Crippen LogP contribution is -2.18. The zero-order valence-electron chi connectivity index (χ0n) is 19.5. The Bertz CT molecular complexity index is 1500. The maximum atomic E-state index is 13.8. The zero-order chi connectivity index (χ0) is 25.3. The van der Waals surface area contributed by atoms with E-state index in [2.05, 4.69) is 16.4 Å². The molecule has 0 saturated carbocycles. The normalized spacial score (nSPS) is 11.0. The van der Waals surface area contributed by atoms with E-state index in [0.29, 0.717) is 28.9 Å². The predicted octanol–water partition coefficient (Wildman–Crippen LogP) is 4.27. The third-order valence-electron chi connectivity index (χ3n) is 5.70. The Morgan fingerprint density at radius 3 is 2.51 bits per heavy atom. The van der Waals surface area contributed by atoms with Crippen molar-refractivity contribution in [3.05, 3.63) is 88.1 Å². The highest BCUT2D eigenvalue weighted by atomic mass is 19.1. The molecule has 0 atom stereocenters. The van der Waals surface area contributed by atoms with Crippen LogP contribution in [0.2, 0.25) is 0 Å². The van der Waals surface area contributed by atoms with Crippen LogP contribution in [0.1, 0.15) is 63.1 Å². The molecule has 0 radical (unpaired) electrons. The van der Waals surface area contributed by atoms with E-state index in [4.69, 9.17) is 16.1 Å². The minimum absolute atomic E-state index is 0.00988. The standard InChI is InChI=1S/C26H23FN6O2/c1-14(2)23-24(15(3)33(32-23)13-17-6-4-16(12-28)5-7-17)31-26(35)20-11-22(25(29)34)30-21-10-18(27)8-9-19(20)21/h4-11,14H,13H2,1-3H3,(H2,29,34)(H,31,35). The van der Waals surface area contributed by atoms with Crippen LogP contribution in [0.4, 0.5) is 10.1 Å². The van der Waals surface area contributed by atoms with Gasteiger partial charge in [0.15, 0.2) is 0 Å². The number of nitrogens with one attached hydrogen (secondary N) is 1. The number of aromatic nitrogens is 3. The summed E-state index contributed by atoms with van der Waals surface area (Å²) in [5.74, 6) is -1.84. The average molecular weight is 471 g/mol. The van der Waals surface area contributed by atoms with Gasteiger partial charge in [-0.05, 0) is 48.7 Å². The first-order valence-electron chi connectivity index (χ1n) is 11.0. The van der Waals surface area contributed by atoms with Crippen LogP contribution in [0.3, 0.4) is 0 Å². The molecule has 2 aromatic carbocycles. The van der Waals surface area contributed by atoms with Gasteiger partial charge >= 0.3 is 0 Å². The van der Waals surface area contributed by atoms with Crippen LogP contribution < -0.4 is 11.1 Å². The van der Waals surface area contributed by atoms with Gasteiger partial charge in [0.05, 0.1) is 46.3 Å². The molecule has 4 aromatic rings. The van der Waals surface area contributed by atoms with E-state index in [1.54, 1.807) is 16.8 Å². The quantitative estimate of drug-likeness (QED) is 0.435. The van der Waals surface area contributed by atoms with E-state index in [0.717, 1.165) is 17.3 Å². The highest BCUT2D eigenvalue weighted by Crippen LogP contribution is 2.29. The summed E-state index contributed by atoms with van der Waals surface area (Å²) in [5.41, 5.74) is 9.09. The summed E-state index contributed by atoms with van der Waals surface area (Å²) in [5, 5.41) is 17.1. The summed E-state index contributed by atoms with van der Waals surface area (Å²) in [6.07, 6.45) is 0. The van der Waals surface area contributed by atoms with Crippen LogP contribution in [0.25, 0.3) is 10.9 Å². The molecule has 0 aliphatic heterocycles. The lowest BCUT2D eigenvalue weighted by atomic mass is 10.0. The molecule has 2 amide bonds. The topological polar surface area (TPSA) is 127 Å². The molecular formula is C26H23FN6O2. The average Bonchev–Trinajstić information content (AvgIpc) is 3.13. The molecule has 2 heterocycles. The number of anilines is 1. The number of nitrogens with zero attached hydrogens (tertiary/aromatic N) is 4. The Balaban J connectivity index is 1.73. The van der Waals surface area contributed by atoms with Crippen LogP contribution in [-0.2, 0) is 6.54 Å². The van der Waals surface area contributed by atoms with Crippen molar-refractivity contribution < 1.29 is 14.0 Å². The molecule has 176 valence electrons. The van der Waals surface area contributed by atoms with Gasteiger partial charge in [-0.1, -0.05) is 26.0 Å². The maximum absolute atomic E-state index is 13.8. The minimum atomic E-state index is -0.820. The van der Waals surface area contributed by atoms with Gasteiger partial charge in [-0.25, -0.2) is 9.37 Å². The number of halogens is 1. The van der Waals surface area contributed by atoms with Crippen molar-refractivity contribution in [2.45, 2.75) is 33.2 Å². The number of rotatable bonds is 6. The van der Waals surface area contributed by atoms with Crippen LogP contribution in [0.5, 0.6) is 0 Å². The van der Waals surface area contributed by atoms with Gasteiger partial charge in [0.25, 0.3) is 11.8 Å². The van der Waals surface area contributed by atoms with Gasteiger partial charge in [-0.15, -0.1) is 0 Å². The highest BCUT2D eigenvalue weighted by molar-refractivity contribution is 6.14. The molecule has 8 nitrogen and oxygen atoms in total. The predicted molar refractivity (Wildman–Crippen MR) is 129 cm³/mol. The number of benzene rings is 2. The second-order valence-corrected chi connectivity index (χ2v) is 8.50. The molecule has 0 aliphatic carbocycles. The van der Waals surface area contributed by atoms with Gasteiger partial charge < -0.3 is 11.1 Å². The zero-order valence-corrected chi connectivity index (χ0v) is 19.5. The van der Waals surface area contributed by atoms with Gasteiger partial charge in [0.1, 0.15) is 11.5 Å². The summed E-state index contributed by atoms with van der Waals surface area (Å²) in [7, 11) is 0. The summed E-state index contributed by atoms with van der Waals surface area (Å²) < 4.78 is 15.6. The first-order valence-corrected chi connectivity index (χ1v) is 11.0. The second-order valence-electron chi connectivity index (χ2n) is 8.50. The van der Waals surface area contributed by atoms with Crippen molar-refractivity contribution in [2.75, 3.05) is 5.32 Å². The molecule has 0 fully saturated rings. The lowest BCUT2D eigenvalue weighted by Gasteiger charge is -2.12. The number of primary amides is 1. The third-order valence-corrected chi connectivity index (χ3v) is 5.70. The Morgan fingerprint density at radius 2 is 1.89 bits per heavy atom. The van der Waals surface area contributed by atoms with Crippen LogP contribution in [-0.4, -0.2) is 26.6 Å². The summed E-state index contributed by atoms with van der Waals surface area (Å²) >= 11 is 0. The molecule has 9 heteroatoms. The Morgan fingerprint density at radius 1 is 1.17 bits per heavy atom. The van der Waals surface area contributed by atoms with Crippen molar-refractivity contribution in [3.8, 4) is 6.07 Å². The summed E-state index contributed by atoms with van der Waals surface area (Å²) in [4.78, 5) is 29.3.